The molecule has 4 rings (SSSR count). The van der Waals surface area contributed by atoms with E-state index in [2.05, 4.69) is 40.0 Å². The van der Waals surface area contributed by atoms with E-state index < -0.39 is 0 Å². The number of halogens is 1. The van der Waals surface area contributed by atoms with E-state index in [-0.39, 0.29) is 36.1 Å². The van der Waals surface area contributed by atoms with Gasteiger partial charge in [-0.25, -0.2) is 0 Å². The summed E-state index contributed by atoms with van der Waals surface area (Å²) in [5, 5.41) is 9.18. The van der Waals surface area contributed by atoms with Crippen molar-refractivity contribution in [3.05, 3.63) is 46.5 Å². The number of rotatable bonds is 9. The van der Waals surface area contributed by atoms with Crippen LogP contribution < -0.4 is 10.6 Å². The molecule has 0 aliphatic carbocycles. The van der Waals surface area contributed by atoms with Crippen molar-refractivity contribution in [2.45, 2.75) is 31.9 Å². The smallest absolute Gasteiger partial charge is 0.191 e. The van der Waals surface area contributed by atoms with Crippen molar-refractivity contribution in [1.82, 2.24) is 15.5 Å². The van der Waals surface area contributed by atoms with E-state index >= 15 is 0 Å². The summed E-state index contributed by atoms with van der Waals surface area (Å²) in [7, 11) is 0. The molecule has 2 N–H and O–H groups in total. The molecule has 2 aliphatic rings. The van der Waals surface area contributed by atoms with Crippen LogP contribution in [0.15, 0.2) is 45.3 Å². The highest BCUT2D eigenvalue weighted by Gasteiger charge is 2.26. The minimum Gasteiger partial charge on any atom is -0.469 e. The Hall–Kier alpha value is -1.14. The van der Waals surface area contributed by atoms with Gasteiger partial charge in [0.05, 0.1) is 38.2 Å². The molecule has 2 aromatic heterocycles. The fourth-order valence-corrected chi connectivity index (χ4v) is 4.94. The largest absolute Gasteiger partial charge is 0.469 e. The fraction of sp³-hybridized carbons (Fsp3) is 0.609. The monoisotopic (exact) mass is 574 g/mol. The quantitative estimate of drug-likeness (QED) is 0.272. The predicted molar refractivity (Wildman–Crippen MR) is 139 cm³/mol. The van der Waals surface area contributed by atoms with Crippen molar-refractivity contribution in [1.29, 1.82) is 0 Å². The lowest BCUT2D eigenvalue weighted by Gasteiger charge is -2.36. The number of nitrogens with one attached hydrogen (secondary N) is 2. The standard InChI is InChI=1S/C23H34N4O3S.HI/c1-18-16-27(9-12-29-18)21(22-5-3-13-31-22)15-26-23(25-14-19-7-11-28-17-19)24-8-6-20-4-2-10-30-20;/h2-5,10,13,18-19,21H,6-9,11-12,14-17H2,1H3,(H2,24,25,26);1H. The van der Waals surface area contributed by atoms with E-state index in [4.69, 9.17) is 18.9 Å². The third-order valence-electron chi connectivity index (χ3n) is 5.83. The first kappa shape index (κ1) is 25.5. The van der Waals surface area contributed by atoms with Gasteiger partial charge in [0.15, 0.2) is 5.96 Å². The third-order valence-corrected chi connectivity index (χ3v) is 6.81. The molecule has 2 saturated heterocycles. The van der Waals surface area contributed by atoms with Crippen LogP contribution in [0.25, 0.3) is 0 Å². The molecular formula is C23H35IN4O3S. The summed E-state index contributed by atoms with van der Waals surface area (Å²) in [4.78, 5) is 8.87. The Morgan fingerprint density at radius 2 is 2.22 bits per heavy atom. The zero-order valence-corrected chi connectivity index (χ0v) is 21.8. The number of furan rings is 1. The average molecular weight is 575 g/mol. The molecule has 2 aromatic rings. The number of ether oxygens (including phenoxy) is 2. The highest BCUT2D eigenvalue weighted by molar-refractivity contribution is 14.0. The zero-order valence-electron chi connectivity index (χ0n) is 18.7. The van der Waals surface area contributed by atoms with Gasteiger partial charge in [-0.05, 0) is 36.9 Å². The van der Waals surface area contributed by atoms with Crippen molar-refractivity contribution in [2.75, 3.05) is 52.5 Å². The van der Waals surface area contributed by atoms with Gasteiger partial charge in [-0.1, -0.05) is 6.07 Å². The maximum atomic E-state index is 5.77. The van der Waals surface area contributed by atoms with Crippen molar-refractivity contribution in [3.63, 3.8) is 0 Å². The maximum absolute atomic E-state index is 5.77. The Morgan fingerprint density at radius 1 is 1.28 bits per heavy atom. The third kappa shape index (κ3) is 7.72. The minimum atomic E-state index is 0. The van der Waals surface area contributed by atoms with Crippen LogP contribution in [0.2, 0.25) is 0 Å². The topological polar surface area (TPSA) is 71.3 Å². The molecule has 0 amide bonds. The van der Waals surface area contributed by atoms with Crippen LogP contribution in [0, 0.1) is 5.92 Å². The van der Waals surface area contributed by atoms with Gasteiger partial charge in [0.1, 0.15) is 5.76 Å². The van der Waals surface area contributed by atoms with Gasteiger partial charge in [0.25, 0.3) is 0 Å². The van der Waals surface area contributed by atoms with Crippen LogP contribution in [-0.4, -0.2) is 69.5 Å². The fourth-order valence-electron chi connectivity index (χ4n) is 4.09. The summed E-state index contributed by atoms with van der Waals surface area (Å²) in [6.45, 7) is 8.86. The molecule has 2 fully saturated rings. The molecule has 0 spiro atoms. The molecule has 0 saturated carbocycles. The summed E-state index contributed by atoms with van der Waals surface area (Å²) in [6.07, 6.45) is 3.91. The van der Waals surface area contributed by atoms with Crippen LogP contribution in [0.5, 0.6) is 0 Å². The number of morpholine rings is 1. The first-order valence-corrected chi connectivity index (χ1v) is 12.2. The van der Waals surface area contributed by atoms with Crippen LogP contribution in [-0.2, 0) is 15.9 Å². The Labute approximate surface area is 212 Å². The molecule has 9 heteroatoms. The number of guanidine groups is 1. The normalized spacial score (nSPS) is 23.0. The van der Waals surface area contributed by atoms with Gasteiger partial charge in [-0.3, -0.25) is 9.89 Å². The molecule has 0 bridgehead atoms. The molecule has 3 atom stereocenters. The van der Waals surface area contributed by atoms with E-state index in [0.29, 0.717) is 12.5 Å². The lowest BCUT2D eigenvalue weighted by Crippen LogP contribution is -2.45. The van der Waals surface area contributed by atoms with E-state index in [9.17, 15) is 0 Å². The van der Waals surface area contributed by atoms with Gasteiger partial charge in [0.2, 0.25) is 0 Å². The average Bonchev–Trinajstić information content (AvgIpc) is 3.56. The second-order valence-corrected chi connectivity index (χ2v) is 9.24. The van der Waals surface area contributed by atoms with E-state index in [1.807, 2.05) is 12.1 Å². The second kappa shape index (κ2) is 13.5. The predicted octanol–water partition coefficient (Wildman–Crippen LogP) is 3.54. The van der Waals surface area contributed by atoms with Crippen LogP contribution in [0.1, 0.15) is 30.0 Å². The molecule has 4 heterocycles. The highest BCUT2D eigenvalue weighted by atomic mass is 127. The highest BCUT2D eigenvalue weighted by Crippen LogP contribution is 2.27. The Balaban J connectivity index is 0.00000289. The molecule has 2 aliphatic heterocycles. The number of nitrogens with zero attached hydrogens (tertiary/aromatic N) is 2. The second-order valence-electron chi connectivity index (χ2n) is 8.26. The van der Waals surface area contributed by atoms with E-state index in [0.717, 1.165) is 70.6 Å². The number of hydrogen-bond acceptors (Lipinski definition) is 6. The lowest BCUT2D eigenvalue weighted by molar-refractivity contribution is -0.0327. The number of aliphatic imine (C=N–C) groups is 1. The van der Waals surface area contributed by atoms with Crippen LogP contribution in [0.4, 0.5) is 0 Å². The first-order chi connectivity index (χ1) is 15.3. The summed E-state index contributed by atoms with van der Waals surface area (Å²) >= 11 is 1.81. The molecule has 32 heavy (non-hydrogen) atoms. The minimum absolute atomic E-state index is 0. The Bertz CT molecular complexity index is 781. The molecule has 0 aromatic carbocycles. The summed E-state index contributed by atoms with van der Waals surface area (Å²) in [5.74, 6) is 2.39. The molecular weight excluding hydrogens is 539 g/mol. The van der Waals surface area contributed by atoms with Gasteiger partial charge in [-0.15, -0.1) is 35.3 Å². The van der Waals surface area contributed by atoms with Crippen LogP contribution >= 0.6 is 35.3 Å². The zero-order chi connectivity index (χ0) is 21.3. The first-order valence-electron chi connectivity index (χ1n) is 11.3. The summed E-state index contributed by atoms with van der Waals surface area (Å²) in [5.41, 5.74) is 0. The molecule has 0 radical (unpaired) electrons. The van der Waals surface area contributed by atoms with Crippen molar-refractivity contribution < 1.29 is 13.9 Å². The van der Waals surface area contributed by atoms with Gasteiger partial charge >= 0.3 is 0 Å². The summed E-state index contributed by atoms with van der Waals surface area (Å²) < 4.78 is 16.8. The molecule has 178 valence electrons. The van der Waals surface area contributed by atoms with E-state index in [1.165, 1.54) is 4.88 Å². The van der Waals surface area contributed by atoms with Crippen molar-refractivity contribution >= 4 is 41.3 Å². The Morgan fingerprint density at radius 3 is 2.94 bits per heavy atom. The maximum Gasteiger partial charge on any atom is 0.191 e. The van der Waals surface area contributed by atoms with Crippen LogP contribution in [0.3, 0.4) is 0 Å². The number of thiophene rings is 1. The lowest BCUT2D eigenvalue weighted by atomic mass is 10.1. The number of hydrogen-bond donors (Lipinski definition) is 2. The SMILES string of the molecule is CC1CN(C(CN=C(NCCc2ccco2)NCC2CCOC2)c2cccs2)CCO1.I. The molecule has 3 unspecified atom stereocenters. The van der Waals surface area contributed by atoms with Crippen molar-refractivity contribution in [3.8, 4) is 0 Å². The summed E-state index contributed by atoms with van der Waals surface area (Å²) in [6, 6.07) is 8.55. The molecule has 7 nitrogen and oxygen atoms in total. The van der Waals surface area contributed by atoms with Crippen molar-refractivity contribution in [2.24, 2.45) is 10.9 Å². The Kier molecular flexibility index (Phi) is 10.8. The van der Waals surface area contributed by atoms with Gasteiger partial charge < -0.3 is 24.5 Å². The van der Waals surface area contributed by atoms with Gasteiger partial charge in [0, 0.05) is 50.0 Å². The van der Waals surface area contributed by atoms with Gasteiger partial charge in [-0.2, -0.15) is 0 Å². The van der Waals surface area contributed by atoms with E-state index in [1.54, 1.807) is 17.6 Å².